The molecule has 0 spiro atoms. The zero-order valence-corrected chi connectivity index (χ0v) is 11.2. The lowest BCUT2D eigenvalue weighted by Gasteiger charge is -2.16. The van der Waals surface area contributed by atoms with Crippen LogP contribution in [0.2, 0.25) is 0 Å². The summed E-state index contributed by atoms with van der Waals surface area (Å²) in [5, 5.41) is 12.2. The number of aliphatic carboxylic acids is 1. The number of carbonyl (C=O) groups is 1. The van der Waals surface area contributed by atoms with Crippen LogP contribution in [0.3, 0.4) is 0 Å². The predicted molar refractivity (Wildman–Crippen MR) is 75.1 cm³/mol. The van der Waals surface area contributed by atoms with E-state index < -0.39 is 18.4 Å². The van der Waals surface area contributed by atoms with Gasteiger partial charge in [0.15, 0.2) is 0 Å². The third-order valence-corrected chi connectivity index (χ3v) is 3.10. The molecule has 0 heterocycles. The Bertz CT molecular complexity index is 602. The first-order valence-corrected chi connectivity index (χ1v) is 6.46. The van der Waals surface area contributed by atoms with E-state index in [0.717, 1.165) is 5.56 Å². The molecule has 0 saturated carbocycles. The van der Waals surface area contributed by atoms with Crippen molar-refractivity contribution in [2.24, 2.45) is 0 Å². The van der Waals surface area contributed by atoms with Gasteiger partial charge in [-0.05, 0) is 17.2 Å². The standard InChI is InChI=1S/C16H15F2NO2/c17-15(18)13-8-4-7-12(9-13)14(16(20)21)19-10-11-5-2-1-3-6-11/h1-9,14-15,19H,10H2,(H,20,21). The van der Waals surface area contributed by atoms with E-state index in [9.17, 15) is 18.7 Å². The van der Waals surface area contributed by atoms with Crippen molar-refractivity contribution in [3.63, 3.8) is 0 Å². The van der Waals surface area contributed by atoms with Gasteiger partial charge in [-0.1, -0.05) is 48.5 Å². The van der Waals surface area contributed by atoms with E-state index in [1.807, 2.05) is 30.3 Å². The lowest BCUT2D eigenvalue weighted by Crippen LogP contribution is -2.28. The molecule has 21 heavy (non-hydrogen) atoms. The molecule has 2 aromatic carbocycles. The lowest BCUT2D eigenvalue weighted by molar-refractivity contribution is -0.139. The van der Waals surface area contributed by atoms with Gasteiger partial charge in [0.25, 0.3) is 6.43 Å². The van der Waals surface area contributed by atoms with Gasteiger partial charge in [0.05, 0.1) is 0 Å². The Kier molecular flexibility index (Phi) is 5.00. The predicted octanol–water partition coefficient (Wildman–Crippen LogP) is 3.54. The average molecular weight is 291 g/mol. The average Bonchev–Trinajstić information content (AvgIpc) is 2.48. The molecule has 0 bridgehead atoms. The third-order valence-electron chi connectivity index (χ3n) is 3.10. The summed E-state index contributed by atoms with van der Waals surface area (Å²) in [5.74, 6) is -1.10. The topological polar surface area (TPSA) is 49.3 Å². The summed E-state index contributed by atoms with van der Waals surface area (Å²) in [7, 11) is 0. The third kappa shape index (κ3) is 4.10. The minimum atomic E-state index is -2.62. The lowest BCUT2D eigenvalue weighted by atomic mass is 10.0. The molecule has 3 nitrogen and oxygen atoms in total. The molecule has 1 unspecified atom stereocenters. The van der Waals surface area contributed by atoms with E-state index in [4.69, 9.17) is 0 Å². The Morgan fingerprint density at radius 2 is 1.71 bits per heavy atom. The van der Waals surface area contributed by atoms with Crippen molar-refractivity contribution >= 4 is 5.97 Å². The first-order chi connectivity index (χ1) is 10.1. The summed E-state index contributed by atoms with van der Waals surface area (Å²) in [6, 6.07) is 13.7. The number of benzene rings is 2. The highest BCUT2D eigenvalue weighted by atomic mass is 19.3. The Morgan fingerprint density at radius 3 is 2.33 bits per heavy atom. The van der Waals surface area contributed by atoms with Gasteiger partial charge in [0, 0.05) is 12.1 Å². The number of rotatable bonds is 6. The molecule has 0 amide bonds. The maximum Gasteiger partial charge on any atom is 0.325 e. The second-order valence-corrected chi connectivity index (χ2v) is 4.61. The molecule has 0 aliphatic rings. The molecule has 1 atom stereocenters. The largest absolute Gasteiger partial charge is 0.480 e. The molecule has 0 saturated heterocycles. The molecule has 2 rings (SSSR count). The molecule has 2 aromatic rings. The molecule has 0 aliphatic heterocycles. The van der Waals surface area contributed by atoms with Crippen LogP contribution in [0.1, 0.15) is 29.2 Å². The highest BCUT2D eigenvalue weighted by Gasteiger charge is 2.20. The van der Waals surface area contributed by atoms with Gasteiger partial charge in [0.1, 0.15) is 6.04 Å². The fourth-order valence-electron chi connectivity index (χ4n) is 2.04. The van der Waals surface area contributed by atoms with Gasteiger partial charge in [-0.25, -0.2) is 8.78 Å². The number of alkyl halides is 2. The van der Waals surface area contributed by atoms with E-state index in [-0.39, 0.29) is 5.56 Å². The molecule has 0 aromatic heterocycles. The van der Waals surface area contributed by atoms with Gasteiger partial charge in [-0.3, -0.25) is 10.1 Å². The summed E-state index contributed by atoms with van der Waals surface area (Å²) >= 11 is 0. The fraction of sp³-hybridized carbons (Fsp3) is 0.188. The van der Waals surface area contributed by atoms with Crippen molar-refractivity contribution in [1.29, 1.82) is 0 Å². The highest BCUT2D eigenvalue weighted by molar-refractivity contribution is 5.75. The number of nitrogens with one attached hydrogen (secondary N) is 1. The second kappa shape index (κ2) is 6.95. The molecule has 5 heteroatoms. The Balaban J connectivity index is 2.15. The molecule has 0 fully saturated rings. The molecule has 110 valence electrons. The number of hydrogen-bond acceptors (Lipinski definition) is 2. The van der Waals surface area contributed by atoms with Crippen LogP contribution in [0.25, 0.3) is 0 Å². The molecular weight excluding hydrogens is 276 g/mol. The minimum Gasteiger partial charge on any atom is -0.480 e. The van der Waals surface area contributed by atoms with Gasteiger partial charge in [0.2, 0.25) is 0 Å². The van der Waals surface area contributed by atoms with Gasteiger partial charge >= 0.3 is 5.97 Å². The van der Waals surface area contributed by atoms with Gasteiger partial charge in [-0.2, -0.15) is 0 Å². The van der Waals surface area contributed by atoms with Crippen LogP contribution in [-0.2, 0) is 11.3 Å². The van der Waals surface area contributed by atoms with E-state index in [1.165, 1.54) is 24.3 Å². The molecular formula is C16H15F2NO2. The van der Waals surface area contributed by atoms with Crippen molar-refractivity contribution < 1.29 is 18.7 Å². The summed E-state index contributed by atoms with van der Waals surface area (Å²) in [4.78, 5) is 11.4. The van der Waals surface area contributed by atoms with Crippen LogP contribution in [0, 0.1) is 0 Å². The van der Waals surface area contributed by atoms with Gasteiger partial charge in [-0.15, -0.1) is 0 Å². The maximum absolute atomic E-state index is 12.7. The van der Waals surface area contributed by atoms with Crippen molar-refractivity contribution in [2.75, 3.05) is 0 Å². The normalized spacial score (nSPS) is 12.3. The smallest absolute Gasteiger partial charge is 0.325 e. The molecule has 0 aliphatic carbocycles. The monoisotopic (exact) mass is 291 g/mol. The van der Waals surface area contributed by atoms with Crippen molar-refractivity contribution in [3.8, 4) is 0 Å². The zero-order chi connectivity index (χ0) is 15.2. The van der Waals surface area contributed by atoms with Crippen molar-refractivity contribution in [1.82, 2.24) is 5.32 Å². The quantitative estimate of drug-likeness (QED) is 0.856. The van der Waals surface area contributed by atoms with E-state index in [0.29, 0.717) is 12.1 Å². The summed E-state index contributed by atoms with van der Waals surface area (Å²) in [6.45, 7) is 0.344. The van der Waals surface area contributed by atoms with Crippen molar-refractivity contribution in [2.45, 2.75) is 19.0 Å². The zero-order valence-electron chi connectivity index (χ0n) is 11.2. The van der Waals surface area contributed by atoms with E-state index in [1.54, 1.807) is 0 Å². The number of carboxylic acid groups (broad SMARTS) is 1. The molecule has 0 radical (unpaired) electrons. The summed E-state index contributed by atoms with van der Waals surface area (Å²) in [5.41, 5.74) is 1.06. The van der Waals surface area contributed by atoms with Crippen LogP contribution < -0.4 is 5.32 Å². The van der Waals surface area contributed by atoms with Gasteiger partial charge < -0.3 is 5.11 Å². The van der Waals surface area contributed by atoms with E-state index >= 15 is 0 Å². The van der Waals surface area contributed by atoms with Crippen LogP contribution in [0.4, 0.5) is 8.78 Å². The first kappa shape index (κ1) is 15.1. The SMILES string of the molecule is O=C(O)C(NCc1ccccc1)c1cccc(C(F)F)c1. The number of hydrogen-bond donors (Lipinski definition) is 2. The second-order valence-electron chi connectivity index (χ2n) is 4.61. The number of carboxylic acids is 1. The van der Waals surface area contributed by atoms with Crippen LogP contribution >= 0.6 is 0 Å². The minimum absolute atomic E-state index is 0.180. The van der Waals surface area contributed by atoms with E-state index in [2.05, 4.69) is 5.32 Å². The Labute approximate surface area is 121 Å². The number of halogens is 2. The summed E-state index contributed by atoms with van der Waals surface area (Å²) in [6.07, 6.45) is -2.62. The Morgan fingerprint density at radius 1 is 1.05 bits per heavy atom. The Hall–Kier alpha value is -2.27. The van der Waals surface area contributed by atoms with Crippen LogP contribution in [0.15, 0.2) is 54.6 Å². The highest BCUT2D eigenvalue weighted by Crippen LogP contribution is 2.23. The van der Waals surface area contributed by atoms with Crippen LogP contribution in [0.5, 0.6) is 0 Å². The molecule has 2 N–H and O–H groups in total. The summed E-state index contributed by atoms with van der Waals surface area (Å²) < 4.78 is 25.4. The van der Waals surface area contributed by atoms with Crippen molar-refractivity contribution in [3.05, 3.63) is 71.3 Å². The first-order valence-electron chi connectivity index (χ1n) is 6.46. The maximum atomic E-state index is 12.7. The van der Waals surface area contributed by atoms with Crippen LogP contribution in [-0.4, -0.2) is 11.1 Å². The fourth-order valence-corrected chi connectivity index (χ4v) is 2.04.